The standard InChI is InChI=1S/C29H30N2O2/c1-2-16-29-17-15-25-20-24(19-23-12-7-4-8-13-23)21-31(26(25)29)28(33)30(27(29)32)18-9-14-22-10-5-3-6-11-22/h2-14,24H,1,15-21H2/b14-9+/t24-,29-/m0/s1. The van der Waals surface area contributed by atoms with Gasteiger partial charge in [-0.05, 0) is 54.7 Å². The van der Waals surface area contributed by atoms with E-state index < -0.39 is 5.41 Å². The second-order valence-electron chi connectivity index (χ2n) is 9.41. The fourth-order valence-electron chi connectivity index (χ4n) is 5.86. The first kappa shape index (κ1) is 21.4. The zero-order valence-electron chi connectivity index (χ0n) is 19.0. The number of imide groups is 1. The minimum atomic E-state index is -0.636. The van der Waals surface area contributed by atoms with Crippen LogP contribution in [0.5, 0.6) is 0 Å². The SMILES string of the molecule is C=CC[C@]12CCC3=C1N(C[C@@H](Cc1ccccc1)C3)C(=O)N(C/C=C/c1ccccc1)C2=O. The Labute approximate surface area is 195 Å². The Morgan fingerprint density at radius 3 is 2.48 bits per heavy atom. The lowest BCUT2D eigenvalue weighted by Crippen LogP contribution is -2.61. The van der Waals surface area contributed by atoms with Crippen molar-refractivity contribution in [3.05, 3.63) is 102 Å². The molecule has 2 aromatic carbocycles. The molecule has 5 rings (SSSR count). The molecule has 4 nitrogen and oxygen atoms in total. The van der Waals surface area contributed by atoms with Crippen molar-refractivity contribution in [2.24, 2.45) is 11.3 Å². The van der Waals surface area contributed by atoms with Gasteiger partial charge in [0.15, 0.2) is 0 Å². The number of carbonyl (C=O) groups is 2. The van der Waals surface area contributed by atoms with Crippen molar-refractivity contribution in [3.8, 4) is 0 Å². The van der Waals surface area contributed by atoms with Crippen LogP contribution in [0.15, 0.2) is 90.7 Å². The summed E-state index contributed by atoms with van der Waals surface area (Å²) in [6.07, 6.45) is 9.88. The van der Waals surface area contributed by atoms with Crippen LogP contribution in [0.25, 0.3) is 6.08 Å². The number of rotatable bonds is 7. The predicted molar refractivity (Wildman–Crippen MR) is 131 cm³/mol. The normalized spacial score (nSPS) is 24.5. The minimum absolute atomic E-state index is 0.0622. The van der Waals surface area contributed by atoms with E-state index in [0.717, 1.165) is 36.9 Å². The van der Waals surface area contributed by atoms with Gasteiger partial charge in [0.2, 0.25) is 5.91 Å². The molecule has 3 aliphatic rings. The molecule has 3 amide bonds. The number of hydrogen-bond acceptors (Lipinski definition) is 2. The number of amides is 3. The third-order valence-corrected chi connectivity index (χ3v) is 7.26. The molecule has 1 fully saturated rings. The van der Waals surface area contributed by atoms with Crippen molar-refractivity contribution < 1.29 is 9.59 Å². The Bertz CT molecular complexity index is 1120. The Morgan fingerprint density at radius 1 is 1.03 bits per heavy atom. The smallest absolute Gasteiger partial charge is 0.296 e. The average molecular weight is 439 g/mol. The Morgan fingerprint density at radius 2 is 1.76 bits per heavy atom. The molecule has 1 aliphatic carbocycles. The van der Waals surface area contributed by atoms with Gasteiger partial charge in [-0.25, -0.2) is 4.79 Å². The van der Waals surface area contributed by atoms with Gasteiger partial charge in [0.05, 0.1) is 5.41 Å². The largest absolute Gasteiger partial charge is 0.331 e. The summed E-state index contributed by atoms with van der Waals surface area (Å²) >= 11 is 0. The van der Waals surface area contributed by atoms with Gasteiger partial charge in [-0.1, -0.05) is 78.9 Å². The molecule has 0 N–H and O–H groups in total. The zero-order chi connectivity index (χ0) is 22.8. The molecular weight excluding hydrogens is 408 g/mol. The van der Waals surface area contributed by atoms with E-state index in [1.807, 2.05) is 59.5 Å². The topological polar surface area (TPSA) is 40.6 Å². The first-order valence-corrected chi connectivity index (χ1v) is 11.8. The van der Waals surface area contributed by atoms with Gasteiger partial charge in [-0.15, -0.1) is 6.58 Å². The van der Waals surface area contributed by atoms with Gasteiger partial charge in [0, 0.05) is 18.8 Å². The third kappa shape index (κ3) is 3.84. The molecule has 33 heavy (non-hydrogen) atoms. The molecule has 2 aliphatic heterocycles. The fraction of sp³-hybridized carbons (Fsp3) is 0.310. The van der Waals surface area contributed by atoms with Crippen LogP contribution in [0, 0.1) is 11.3 Å². The van der Waals surface area contributed by atoms with Crippen molar-refractivity contribution in [3.63, 3.8) is 0 Å². The van der Waals surface area contributed by atoms with Crippen LogP contribution in [-0.4, -0.2) is 34.8 Å². The van der Waals surface area contributed by atoms with Crippen LogP contribution in [-0.2, 0) is 11.2 Å². The van der Waals surface area contributed by atoms with Gasteiger partial charge in [0.25, 0.3) is 0 Å². The number of nitrogens with zero attached hydrogens (tertiary/aromatic N) is 2. The summed E-state index contributed by atoms with van der Waals surface area (Å²) in [6, 6.07) is 20.3. The Hall–Kier alpha value is -3.40. The van der Waals surface area contributed by atoms with E-state index in [9.17, 15) is 9.59 Å². The third-order valence-electron chi connectivity index (χ3n) is 7.26. The highest BCUT2D eigenvalue weighted by molar-refractivity contribution is 6.04. The molecule has 1 saturated heterocycles. The molecule has 2 heterocycles. The fourth-order valence-corrected chi connectivity index (χ4v) is 5.86. The number of allylic oxidation sites excluding steroid dienone is 2. The lowest BCUT2D eigenvalue weighted by atomic mass is 9.76. The van der Waals surface area contributed by atoms with Crippen LogP contribution in [0.4, 0.5) is 4.79 Å². The van der Waals surface area contributed by atoms with E-state index in [4.69, 9.17) is 0 Å². The van der Waals surface area contributed by atoms with Gasteiger partial charge >= 0.3 is 6.03 Å². The molecular formula is C29H30N2O2. The Kier molecular flexibility index (Phi) is 5.76. The molecule has 0 saturated carbocycles. The quantitative estimate of drug-likeness (QED) is 0.510. The summed E-state index contributed by atoms with van der Waals surface area (Å²) in [7, 11) is 0. The molecule has 2 aromatic rings. The molecule has 2 atom stereocenters. The molecule has 0 spiro atoms. The maximum absolute atomic E-state index is 13.7. The molecule has 4 heteroatoms. The summed E-state index contributed by atoms with van der Waals surface area (Å²) in [6.45, 7) is 4.89. The average Bonchev–Trinajstić information content (AvgIpc) is 3.21. The summed E-state index contributed by atoms with van der Waals surface area (Å²) in [5, 5.41) is 0. The molecule has 0 radical (unpaired) electrons. The van der Waals surface area contributed by atoms with Crippen molar-refractivity contribution in [1.82, 2.24) is 9.80 Å². The Balaban J connectivity index is 1.44. The number of urea groups is 1. The van der Waals surface area contributed by atoms with Crippen molar-refractivity contribution in [1.29, 1.82) is 0 Å². The highest BCUT2D eigenvalue weighted by Crippen LogP contribution is 2.54. The van der Waals surface area contributed by atoms with E-state index >= 15 is 0 Å². The molecule has 168 valence electrons. The predicted octanol–water partition coefficient (Wildman–Crippen LogP) is 5.84. The summed E-state index contributed by atoms with van der Waals surface area (Å²) in [5.74, 6) is 0.303. The summed E-state index contributed by atoms with van der Waals surface area (Å²) in [5.41, 5.74) is 4.00. The van der Waals surface area contributed by atoms with Crippen molar-refractivity contribution in [2.45, 2.75) is 32.1 Å². The summed E-state index contributed by atoms with van der Waals surface area (Å²) < 4.78 is 0. The second-order valence-corrected chi connectivity index (χ2v) is 9.41. The van der Waals surface area contributed by atoms with E-state index in [1.54, 1.807) is 0 Å². The van der Waals surface area contributed by atoms with Crippen LogP contribution < -0.4 is 0 Å². The first-order valence-electron chi connectivity index (χ1n) is 11.8. The number of benzene rings is 2. The maximum Gasteiger partial charge on any atom is 0.331 e. The number of carbonyl (C=O) groups excluding carboxylic acids is 2. The first-order chi connectivity index (χ1) is 16.1. The van der Waals surface area contributed by atoms with E-state index in [0.29, 0.717) is 18.9 Å². The van der Waals surface area contributed by atoms with Crippen LogP contribution >= 0.6 is 0 Å². The van der Waals surface area contributed by atoms with Crippen LogP contribution in [0.3, 0.4) is 0 Å². The molecule has 0 unspecified atom stereocenters. The van der Waals surface area contributed by atoms with Crippen LogP contribution in [0.1, 0.15) is 36.8 Å². The van der Waals surface area contributed by atoms with Gasteiger partial charge in [-0.2, -0.15) is 0 Å². The molecule has 0 aromatic heterocycles. The van der Waals surface area contributed by atoms with Crippen molar-refractivity contribution >= 4 is 18.0 Å². The van der Waals surface area contributed by atoms with Gasteiger partial charge in [-0.3, -0.25) is 14.6 Å². The highest BCUT2D eigenvalue weighted by atomic mass is 16.2. The highest BCUT2D eigenvalue weighted by Gasteiger charge is 2.57. The zero-order valence-corrected chi connectivity index (χ0v) is 19.0. The van der Waals surface area contributed by atoms with E-state index in [2.05, 4.69) is 30.8 Å². The number of hydrogen-bond donors (Lipinski definition) is 0. The van der Waals surface area contributed by atoms with Gasteiger partial charge < -0.3 is 0 Å². The monoisotopic (exact) mass is 438 g/mol. The lowest BCUT2D eigenvalue weighted by Gasteiger charge is -2.48. The van der Waals surface area contributed by atoms with Crippen LogP contribution in [0.2, 0.25) is 0 Å². The minimum Gasteiger partial charge on any atom is -0.296 e. The summed E-state index contributed by atoms with van der Waals surface area (Å²) in [4.78, 5) is 30.7. The molecule has 0 bridgehead atoms. The van der Waals surface area contributed by atoms with E-state index in [-0.39, 0.29) is 18.5 Å². The lowest BCUT2D eigenvalue weighted by molar-refractivity contribution is -0.140. The maximum atomic E-state index is 13.7. The second kappa shape index (κ2) is 8.86. The van der Waals surface area contributed by atoms with Gasteiger partial charge in [0.1, 0.15) is 0 Å². The van der Waals surface area contributed by atoms with Crippen molar-refractivity contribution in [2.75, 3.05) is 13.1 Å². The van der Waals surface area contributed by atoms with E-state index in [1.165, 1.54) is 16.0 Å².